The van der Waals surface area contributed by atoms with E-state index in [0.717, 1.165) is 38.3 Å². The van der Waals surface area contributed by atoms with Gasteiger partial charge in [0.25, 0.3) is 0 Å². The molecule has 0 aliphatic carbocycles. The van der Waals surface area contributed by atoms with Crippen molar-refractivity contribution < 1.29 is 0 Å². The SMILES string of the molecule is CCNc1nc(NN=Cc2ccccc2)nc(N2CCNCC2)n1. The van der Waals surface area contributed by atoms with E-state index in [9.17, 15) is 0 Å². The molecule has 8 heteroatoms. The second-order valence-electron chi connectivity index (χ2n) is 5.33. The highest BCUT2D eigenvalue weighted by molar-refractivity contribution is 5.79. The Morgan fingerprint density at radius 1 is 1.12 bits per heavy atom. The second-order valence-corrected chi connectivity index (χ2v) is 5.33. The Morgan fingerprint density at radius 2 is 1.88 bits per heavy atom. The summed E-state index contributed by atoms with van der Waals surface area (Å²) >= 11 is 0. The molecule has 3 N–H and O–H groups in total. The number of aromatic nitrogens is 3. The average molecular weight is 326 g/mol. The Balaban J connectivity index is 1.75. The van der Waals surface area contributed by atoms with Crippen LogP contribution in [0.2, 0.25) is 0 Å². The van der Waals surface area contributed by atoms with Crippen LogP contribution in [0.3, 0.4) is 0 Å². The molecular weight excluding hydrogens is 304 g/mol. The summed E-state index contributed by atoms with van der Waals surface area (Å²) in [5.74, 6) is 1.65. The maximum Gasteiger partial charge on any atom is 0.250 e. The van der Waals surface area contributed by atoms with Crippen LogP contribution in [0, 0.1) is 0 Å². The Hall–Kier alpha value is -2.74. The highest BCUT2D eigenvalue weighted by Gasteiger charge is 2.15. The van der Waals surface area contributed by atoms with E-state index >= 15 is 0 Å². The predicted molar refractivity (Wildman–Crippen MR) is 96.7 cm³/mol. The molecule has 1 aromatic heterocycles. The Kier molecular flexibility index (Phi) is 5.52. The summed E-state index contributed by atoms with van der Waals surface area (Å²) < 4.78 is 0. The summed E-state index contributed by atoms with van der Waals surface area (Å²) in [6.07, 6.45) is 1.74. The molecule has 0 radical (unpaired) electrons. The van der Waals surface area contributed by atoms with Crippen molar-refractivity contribution in [1.82, 2.24) is 20.3 Å². The van der Waals surface area contributed by atoms with Crippen molar-refractivity contribution in [2.24, 2.45) is 5.10 Å². The van der Waals surface area contributed by atoms with E-state index in [-0.39, 0.29) is 0 Å². The lowest BCUT2D eigenvalue weighted by Gasteiger charge is -2.27. The number of anilines is 3. The molecule has 24 heavy (non-hydrogen) atoms. The standard InChI is InChI=1S/C16H22N8/c1-2-18-14-20-15(23-19-12-13-6-4-3-5-7-13)22-16(21-14)24-10-8-17-9-11-24/h3-7,12,17H,2,8-11H2,1H3,(H2,18,20,21,22,23). The third-order valence-electron chi connectivity index (χ3n) is 3.54. The van der Waals surface area contributed by atoms with Crippen LogP contribution < -0.4 is 21.0 Å². The molecular formula is C16H22N8. The molecule has 8 nitrogen and oxygen atoms in total. The zero-order chi connectivity index (χ0) is 16.6. The van der Waals surface area contributed by atoms with E-state index in [4.69, 9.17) is 0 Å². The van der Waals surface area contributed by atoms with Gasteiger partial charge in [0.2, 0.25) is 17.8 Å². The molecule has 2 aromatic rings. The van der Waals surface area contributed by atoms with E-state index in [1.165, 1.54) is 0 Å². The van der Waals surface area contributed by atoms with Crippen LogP contribution in [-0.4, -0.2) is 53.9 Å². The predicted octanol–water partition coefficient (Wildman–Crippen LogP) is 1.16. The van der Waals surface area contributed by atoms with Gasteiger partial charge in [0.1, 0.15) is 0 Å². The summed E-state index contributed by atoms with van der Waals surface area (Å²) in [5, 5.41) is 10.7. The van der Waals surface area contributed by atoms with Crippen molar-refractivity contribution in [1.29, 1.82) is 0 Å². The summed E-state index contributed by atoms with van der Waals surface area (Å²) in [4.78, 5) is 15.5. The van der Waals surface area contributed by atoms with E-state index in [1.807, 2.05) is 37.3 Å². The van der Waals surface area contributed by atoms with Gasteiger partial charge in [0.15, 0.2) is 0 Å². The van der Waals surface area contributed by atoms with Gasteiger partial charge in [-0.3, -0.25) is 0 Å². The minimum Gasteiger partial charge on any atom is -0.354 e. The van der Waals surface area contributed by atoms with Crippen LogP contribution in [0.4, 0.5) is 17.8 Å². The molecule has 3 rings (SSSR count). The zero-order valence-corrected chi connectivity index (χ0v) is 13.7. The fraction of sp³-hybridized carbons (Fsp3) is 0.375. The molecule has 0 saturated carbocycles. The van der Waals surface area contributed by atoms with Crippen LogP contribution in [0.25, 0.3) is 0 Å². The summed E-state index contributed by atoms with van der Waals surface area (Å²) in [7, 11) is 0. The quantitative estimate of drug-likeness (QED) is 0.542. The fourth-order valence-corrected chi connectivity index (χ4v) is 2.36. The highest BCUT2D eigenvalue weighted by Crippen LogP contribution is 2.14. The van der Waals surface area contributed by atoms with Gasteiger partial charge in [-0.05, 0) is 12.5 Å². The first-order valence-electron chi connectivity index (χ1n) is 8.15. The molecule has 0 amide bonds. The molecule has 1 aromatic carbocycles. The Bertz CT molecular complexity index is 667. The van der Waals surface area contributed by atoms with Gasteiger partial charge in [-0.2, -0.15) is 20.1 Å². The Morgan fingerprint density at radius 3 is 2.62 bits per heavy atom. The first kappa shape index (κ1) is 16.1. The van der Waals surface area contributed by atoms with E-state index in [1.54, 1.807) is 6.21 Å². The van der Waals surface area contributed by atoms with Gasteiger partial charge in [-0.15, -0.1) is 0 Å². The van der Waals surface area contributed by atoms with Gasteiger partial charge in [0.05, 0.1) is 6.21 Å². The number of piperazine rings is 1. The highest BCUT2D eigenvalue weighted by atomic mass is 15.4. The normalized spacial score (nSPS) is 14.8. The van der Waals surface area contributed by atoms with E-state index < -0.39 is 0 Å². The second kappa shape index (κ2) is 8.21. The molecule has 0 unspecified atom stereocenters. The minimum atomic E-state index is 0.432. The van der Waals surface area contributed by atoms with Crippen LogP contribution in [-0.2, 0) is 0 Å². The van der Waals surface area contributed by atoms with Gasteiger partial charge < -0.3 is 15.5 Å². The van der Waals surface area contributed by atoms with Gasteiger partial charge >= 0.3 is 0 Å². The molecule has 0 spiro atoms. The number of nitrogens with zero attached hydrogens (tertiary/aromatic N) is 5. The first-order valence-corrected chi connectivity index (χ1v) is 8.15. The molecule has 0 atom stereocenters. The number of nitrogens with one attached hydrogen (secondary N) is 3. The number of hydrazone groups is 1. The lowest BCUT2D eigenvalue weighted by Crippen LogP contribution is -2.44. The first-order chi connectivity index (χ1) is 11.8. The maximum atomic E-state index is 4.49. The number of hydrogen-bond acceptors (Lipinski definition) is 8. The summed E-state index contributed by atoms with van der Waals surface area (Å²) in [6.45, 7) is 6.37. The minimum absolute atomic E-state index is 0.432. The van der Waals surface area contributed by atoms with Crippen molar-refractivity contribution >= 4 is 24.1 Å². The van der Waals surface area contributed by atoms with Gasteiger partial charge in [-0.1, -0.05) is 30.3 Å². The molecule has 126 valence electrons. The van der Waals surface area contributed by atoms with Crippen molar-refractivity contribution in [3.05, 3.63) is 35.9 Å². The molecule has 1 fully saturated rings. The third-order valence-corrected chi connectivity index (χ3v) is 3.54. The topological polar surface area (TPSA) is 90.4 Å². The van der Waals surface area contributed by atoms with Gasteiger partial charge in [-0.25, -0.2) is 5.43 Å². The van der Waals surface area contributed by atoms with Crippen LogP contribution in [0.5, 0.6) is 0 Å². The van der Waals surface area contributed by atoms with E-state index in [0.29, 0.717) is 17.8 Å². The largest absolute Gasteiger partial charge is 0.354 e. The van der Waals surface area contributed by atoms with E-state index in [2.05, 4.69) is 41.0 Å². The average Bonchev–Trinajstić information content (AvgIpc) is 2.63. The van der Waals surface area contributed by atoms with Crippen LogP contribution >= 0.6 is 0 Å². The van der Waals surface area contributed by atoms with Crippen LogP contribution in [0.1, 0.15) is 12.5 Å². The fourth-order valence-electron chi connectivity index (χ4n) is 2.36. The smallest absolute Gasteiger partial charge is 0.250 e. The molecule has 1 aliphatic heterocycles. The van der Waals surface area contributed by atoms with Crippen molar-refractivity contribution in [2.75, 3.05) is 48.4 Å². The summed E-state index contributed by atoms with van der Waals surface area (Å²) in [5.41, 5.74) is 3.90. The van der Waals surface area contributed by atoms with Crippen LogP contribution in [0.15, 0.2) is 35.4 Å². The van der Waals surface area contributed by atoms with Crippen molar-refractivity contribution in [3.63, 3.8) is 0 Å². The number of benzene rings is 1. The number of hydrogen-bond donors (Lipinski definition) is 3. The van der Waals surface area contributed by atoms with Crippen molar-refractivity contribution in [3.8, 4) is 0 Å². The van der Waals surface area contributed by atoms with Crippen molar-refractivity contribution in [2.45, 2.75) is 6.92 Å². The monoisotopic (exact) mass is 326 g/mol. The molecule has 1 aliphatic rings. The lowest BCUT2D eigenvalue weighted by molar-refractivity contribution is 0.579. The third kappa shape index (κ3) is 4.39. The lowest BCUT2D eigenvalue weighted by atomic mass is 10.2. The molecule has 2 heterocycles. The Labute approximate surface area is 141 Å². The molecule has 1 saturated heterocycles. The maximum absolute atomic E-state index is 4.49. The number of rotatable bonds is 6. The summed E-state index contributed by atoms with van der Waals surface area (Å²) in [6, 6.07) is 9.87. The molecule has 0 bridgehead atoms. The zero-order valence-electron chi connectivity index (χ0n) is 13.7. The van der Waals surface area contributed by atoms with Gasteiger partial charge in [0, 0.05) is 32.7 Å².